The summed E-state index contributed by atoms with van der Waals surface area (Å²) in [5.74, 6) is 3.42. The summed E-state index contributed by atoms with van der Waals surface area (Å²) in [5, 5.41) is 3.36. The van der Waals surface area contributed by atoms with Gasteiger partial charge in [0.15, 0.2) is 0 Å². The molecule has 1 unspecified atom stereocenters. The lowest BCUT2D eigenvalue weighted by Gasteiger charge is -2.17. The van der Waals surface area contributed by atoms with Gasteiger partial charge in [0.2, 0.25) is 0 Å². The van der Waals surface area contributed by atoms with Crippen LogP contribution in [0.2, 0.25) is 0 Å². The third kappa shape index (κ3) is 10.3. The zero-order valence-corrected chi connectivity index (χ0v) is 9.00. The van der Waals surface area contributed by atoms with Crippen molar-refractivity contribution in [2.24, 2.45) is 5.92 Å². The molecule has 0 aromatic carbocycles. The van der Waals surface area contributed by atoms with Crippen molar-refractivity contribution < 1.29 is 0 Å². The third-order valence-corrected chi connectivity index (χ3v) is 2.34. The van der Waals surface area contributed by atoms with E-state index in [9.17, 15) is 0 Å². The van der Waals surface area contributed by atoms with Gasteiger partial charge in [-0.3, -0.25) is 0 Å². The minimum Gasteiger partial charge on any atom is -0.313 e. The van der Waals surface area contributed by atoms with Gasteiger partial charge in [0.1, 0.15) is 0 Å². The van der Waals surface area contributed by atoms with Gasteiger partial charge in [-0.15, -0.1) is 0 Å². The molecular weight excluding hydrogens is 154 g/mol. The Balaban J connectivity index is 0.000000218. The van der Waals surface area contributed by atoms with E-state index < -0.39 is 0 Å². The van der Waals surface area contributed by atoms with Gasteiger partial charge >= 0.3 is 0 Å². The van der Waals surface area contributed by atoms with Crippen molar-refractivity contribution in [3.63, 3.8) is 0 Å². The molecule has 1 N–H and O–H groups in total. The first-order valence-electron chi connectivity index (χ1n) is 4.44. The van der Waals surface area contributed by atoms with E-state index in [2.05, 4.69) is 33.0 Å². The zero-order chi connectivity index (χ0) is 8.69. The summed E-state index contributed by atoms with van der Waals surface area (Å²) in [7, 11) is 0. The highest BCUT2D eigenvalue weighted by molar-refractivity contribution is 7.99. The van der Waals surface area contributed by atoms with Crippen LogP contribution in [0.25, 0.3) is 0 Å². The summed E-state index contributed by atoms with van der Waals surface area (Å²) in [6, 6.07) is 0.749. The zero-order valence-electron chi connectivity index (χ0n) is 8.18. The van der Waals surface area contributed by atoms with Gasteiger partial charge in [0.25, 0.3) is 0 Å². The number of hydrogen-bond donors (Lipinski definition) is 1. The topological polar surface area (TPSA) is 12.0 Å². The van der Waals surface area contributed by atoms with Crippen molar-refractivity contribution in [3.8, 4) is 0 Å². The normalized spacial score (nSPS) is 24.3. The monoisotopic (exact) mass is 175 g/mol. The Labute approximate surface area is 75.3 Å². The van der Waals surface area contributed by atoms with Crippen LogP contribution >= 0.6 is 11.8 Å². The maximum Gasteiger partial charge on any atom is 0.0130 e. The molecule has 0 aromatic heterocycles. The molecule has 0 aromatic rings. The van der Waals surface area contributed by atoms with Gasteiger partial charge in [0, 0.05) is 24.1 Å². The van der Waals surface area contributed by atoms with E-state index in [-0.39, 0.29) is 0 Å². The minimum absolute atomic E-state index is 0.749. The Morgan fingerprint density at radius 3 is 2.09 bits per heavy atom. The molecule has 1 rings (SSSR count). The van der Waals surface area contributed by atoms with Crippen LogP contribution in [0.3, 0.4) is 0 Å². The molecule has 0 spiro atoms. The Morgan fingerprint density at radius 1 is 1.36 bits per heavy atom. The van der Waals surface area contributed by atoms with Crippen LogP contribution in [-0.4, -0.2) is 24.1 Å². The predicted molar refractivity (Wildman–Crippen MR) is 55.3 cm³/mol. The fourth-order valence-electron chi connectivity index (χ4n) is 0.697. The van der Waals surface area contributed by atoms with E-state index in [0.717, 1.165) is 12.0 Å². The molecule has 1 nitrogen and oxygen atoms in total. The van der Waals surface area contributed by atoms with E-state index in [0.29, 0.717) is 0 Å². The smallest absolute Gasteiger partial charge is 0.0130 e. The standard InChI is InChI=1S/C5H11NS.C4H10/c1-5-4-7-3-2-6-5;1-4(2)3/h5-6H,2-4H2,1H3;4H,1-3H3. The van der Waals surface area contributed by atoms with Gasteiger partial charge in [-0.25, -0.2) is 0 Å². The minimum atomic E-state index is 0.749. The van der Waals surface area contributed by atoms with Crippen molar-refractivity contribution in [2.45, 2.75) is 33.7 Å². The SMILES string of the molecule is CC(C)C.CC1CSCCN1. The molecule has 0 aliphatic carbocycles. The van der Waals surface area contributed by atoms with Crippen LogP contribution in [0.15, 0.2) is 0 Å². The summed E-state index contributed by atoms with van der Waals surface area (Å²) >= 11 is 2.04. The highest BCUT2D eigenvalue weighted by Gasteiger charge is 2.04. The number of nitrogens with one attached hydrogen (secondary N) is 1. The lowest BCUT2D eigenvalue weighted by molar-refractivity contribution is 0.609. The lowest BCUT2D eigenvalue weighted by atomic mass is 10.3. The first-order valence-corrected chi connectivity index (χ1v) is 5.59. The van der Waals surface area contributed by atoms with Crippen LogP contribution in [-0.2, 0) is 0 Å². The number of thioether (sulfide) groups is 1. The summed E-state index contributed by atoms with van der Waals surface area (Å²) in [4.78, 5) is 0. The van der Waals surface area contributed by atoms with E-state index in [1.54, 1.807) is 0 Å². The maximum absolute atomic E-state index is 3.36. The van der Waals surface area contributed by atoms with Crippen LogP contribution in [0, 0.1) is 5.92 Å². The summed E-state index contributed by atoms with van der Waals surface area (Å²) in [6.07, 6.45) is 0. The molecular formula is C9H21NS. The second-order valence-corrected chi connectivity index (χ2v) is 4.81. The lowest BCUT2D eigenvalue weighted by Crippen LogP contribution is -2.34. The molecule has 0 amide bonds. The van der Waals surface area contributed by atoms with Crippen molar-refractivity contribution >= 4 is 11.8 Å². The summed E-state index contributed by atoms with van der Waals surface area (Å²) in [5.41, 5.74) is 0. The van der Waals surface area contributed by atoms with Crippen LogP contribution in [0.5, 0.6) is 0 Å². The molecule has 1 aliphatic heterocycles. The van der Waals surface area contributed by atoms with Gasteiger partial charge in [-0.1, -0.05) is 20.8 Å². The summed E-state index contributed by atoms with van der Waals surface area (Å²) < 4.78 is 0. The number of hydrogen-bond acceptors (Lipinski definition) is 2. The van der Waals surface area contributed by atoms with Crippen molar-refractivity contribution in [3.05, 3.63) is 0 Å². The molecule has 1 saturated heterocycles. The maximum atomic E-state index is 3.36. The highest BCUT2D eigenvalue weighted by Crippen LogP contribution is 2.05. The number of rotatable bonds is 0. The summed E-state index contributed by atoms with van der Waals surface area (Å²) in [6.45, 7) is 9.93. The first kappa shape index (κ1) is 11.3. The van der Waals surface area contributed by atoms with Gasteiger partial charge in [-0.2, -0.15) is 11.8 Å². The Morgan fingerprint density at radius 2 is 1.91 bits per heavy atom. The molecule has 1 heterocycles. The predicted octanol–water partition coefficient (Wildman–Crippen LogP) is 2.37. The molecule has 0 radical (unpaired) electrons. The van der Waals surface area contributed by atoms with Gasteiger partial charge < -0.3 is 5.32 Å². The molecule has 68 valence electrons. The molecule has 0 bridgehead atoms. The average Bonchev–Trinajstić information content (AvgIpc) is 1.87. The van der Waals surface area contributed by atoms with Crippen molar-refractivity contribution in [1.29, 1.82) is 0 Å². The second-order valence-electron chi connectivity index (χ2n) is 3.66. The van der Waals surface area contributed by atoms with Crippen molar-refractivity contribution in [2.75, 3.05) is 18.1 Å². The van der Waals surface area contributed by atoms with Gasteiger partial charge in [-0.05, 0) is 12.8 Å². The largest absolute Gasteiger partial charge is 0.313 e. The molecule has 2 heteroatoms. The van der Waals surface area contributed by atoms with Gasteiger partial charge in [0.05, 0.1) is 0 Å². The molecule has 1 atom stereocenters. The van der Waals surface area contributed by atoms with Crippen molar-refractivity contribution in [1.82, 2.24) is 5.32 Å². The van der Waals surface area contributed by atoms with Crippen LogP contribution in [0.1, 0.15) is 27.7 Å². The first-order chi connectivity index (χ1) is 5.13. The van der Waals surface area contributed by atoms with E-state index >= 15 is 0 Å². The second kappa shape index (κ2) is 6.99. The quantitative estimate of drug-likeness (QED) is 0.606. The Hall–Kier alpha value is 0.310. The van der Waals surface area contributed by atoms with E-state index in [1.165, 1.54) is 18.1 Å². The average molecular weight is 175 g/mol. The van der Waals surface area contributed by atoms with Crippen LogP contribution < -0.4 is 5.32 Å². The fourth-order valence-corrected chi connectivity index (χ4v) is 1.60. The molecule has 11 heavy (non-hydrogen) atoms. The third-order valence-electron chi connectivity index (χ3n) is 1.11. The Kier molecular flexibility index (Phi) is 7.18. The highest BCUT2D eigenvalue weighted by atomic mass is 32.2. The molecule has 0 saturated carbocycles. The fraction of sp³-hybridized carbons (Fsp3) is 1.00. The van der Waals surface area contributed by atoms with E-state index in [1.807, 2.05) is 11.8 Å². The molecule has 1 aliphatic rings. The van der Waals surface area contributed by atoms with E-state index in [4.69, 9.17) is 0 Å². The van der Waals surface area contributed by atoms with Crippen LogP contribution in [0.4, 0.5) is 0 Å². The molecule has 1 fully saturated rings. The Bertz CT molecular complexity index is 74.9.